The summed E-state index contributed by atoms with van der Waals surface area (Å²) < 4.78 is 0. The molecule has 0 spiro atoms. The molecule has 0 fully saturated rings. The summed E-state index contributed by atoms with van der Waals surface area (Å²) in [6.45, 7) is 4.09. The zero-order chi connectivity index (χ0) is 16.0. The molecule has 0 heterocycles. The lowest BCUT2D eigenvalue weighted by atomic mass is 9.47. The van der Waals surface area contributed by atoms with Crippen molar-refractivity contribution < 1.29 is 4.92 Å². The summed E-state index contributed by atoms with van der Waals surface area (Å²) in [6, 6.07) is 6.36. The Kier molecular flexibility index (Phi) is 6.37. The van der Waals surface area contributed by atoms with Gasteiger partial charge in [0.05, 0.1) is 28.5 Å². The molecule has 7 heteroatoms. The number of nitro groups is 1. The molecule has 106 valence electrons. The molecule has 0 saturated heterocycles. The highest BCUT2D eigenvalue weighted by Crippen LogP contribution is 2.34. The zero-order valence-electron chi connectivity index (χ0n) is 12.7. The van der Waals surface area contributed by atoms with Gasteiger partial charge < -0.3 is 4.90 Å². The molecule has 0 aliphatic heterocycles. The van der Waals surface area contributed by atoms with Gasteiger partial charge in [0.2, 0.25) is 0 Å². The Morgan fingerprint density at radius 3 is 2.14 bits per heavy atom. The van der Waals surface area contributed by atoms with Crippen molar-refractivity contribution in [1.29, 1.82) is 0 Å². The number of rotatable bonds is 8. The first kappa shape index (κ1) is 17.7. The number of nitro benzene ring substituents is 1. The van der Waals surface area contributed by atoms with Gasteiger partial charge in [0.25, 0.3) is 5.69 Å². The summed E-state index contributed by atoms with van der Waals surface area (Å²) in [5.74, 6) is 0. The summed E-state index contributed by atoms with van der Waals surface area (Å²) in [5, 5.41) is 9.60. The molecule has 0 aliphatic rings. The van der Waals surface area contributed by atoms with Gasteiger partial charge in [-0.25, -0.2) is 0 Å². The highest BCUT2D eigenvalue weighted by Gasteiger charge is 2.31. The van der Waals surface area contributed by atoms with Crippen LogP contribution in [0.4, 0.5) is 11.4 Å². The average Bonchev–Trinajstić information content (AvgIpc) is 2.38. The third-order valence-corrected chi connectivity index (χ3v) is 3.36. The number of benzene rings is 1. The molecular formula is C14H19B3N2O2. The molecule has 1 aromatic rings. The second-order valence-corrected chi connectivity index (χ2v) is 5.23. The standard InChI is InChI=1S/C14H19B3N2O2/c1-3-7-11(8-4-2)18(14(15,16)17)12-9-5-6-10-13(12)19(20)21/h5-6,9-11H,3-4,7-8H2,1-2H3. The SMILES string of the molecule is [B]C([B])([B])N(c1ccccc1[N+](=O)[O-])C(CCC)CCC. The Balaban J connectivity index is 3.35. The fraction of sp³-hybridized carbons (Fsp3) is 0.571. The van der Waals surface area contributed by atoms with E-state index >= 15 is 0 Å². The molecule has 1 rings (SSSR count). The number of para-hydroxylation sites is 2. The highest BCUT2D eigenvalue weighted by atomic mass is 16.6. The van der Waals surface area contributed by atoms with E-state index in [4.69, 9.17) is 23.5 Å². The summed E-state index contributed by atoms with van der Waals surface area (Å²) in [7, 11) is 17.7. The van der Waals surface area contributed by atoms with E-state index in [1.54, 1.807) is 23.1 Å². The molecular weight excluding hydrogens is 261 g/mol. The van der Waals surface area contributed by atoms with Crippen molar-refractivity contribution in [3.05, 3.63) is 34.4 Å². The van der Waals surface area contributed by atoms with E-state index in [9.17, 15) is 10.1 Å². The van der Waals surface area contributed by atoms with E-state index in [1.165, 1.54) is 6.07 Å². The van der Waals surface area contributed by atoms with Crippen LogP contribution in [0.5, 0.6) is 0 Å². The third-order valence-electron chi connectivity index (χ3n) is 3.36. The van der Waals surface area contributed by atoms with Crippen LogP contribution in [-0.2, 0) is 0 Å². The number of hydrogen-bond acceptors (Lipinski definition) is 3. The van der Waals surface area contributed by atoms with E-state index in [1.807, 2.05) is 13.8 Å². The molecule has 21 heavy (non-hydrogen) atoms. The lowest BCUT2D eigenvalue weighted by Crippen LogP contribution is -2.56. The Morgan fingerprint density at radius 1 is 1.19 bits per heavy atom. The largest absolute Gasteiger partial charge is 0.383 e. The topological polar surface area (TPSA) is 46.4 Å². The van der Waals surface area contributed by atoms with Crippen LogP contribution in [0.2, 0.25) is 0 Å². The van der Waals surface area contributed by atoms with Crippen LogP contribution in [0, 0.1) is 10.1 Å². The first-order valence-corrected chi connectivity index (χ1v) is 7.22. The van der Waals surface area contributed by atoms with E-state index < -0.39 is 10.2 Å². The van der Waals surface area contributed by atoms with Crippen molar-refractivity contribution in [3.8, 4) is 0 Å². The fourth-order valence-electron chi connectivity index (χ4n) is 2.61. The average molecular weight is 280 g/mol. The quantitative estimate of drug-likeness (QED) is 0.417. The lowest BCUT2D eigenvalue weighted by Gasteiger charge is -2.45. The van der Waals surface area contributed by atoms with Gasteiger partial charge in [-0.05, 0) is 18.9 Å². The normalized spacial score (nSPS) is 11.6. The van der Waals surface area contributed by atoms with Gasteiger partial charge in [0.1, 0.15) is 5.69 Å². The summed E-state index contributed by atoms with van der Waals surface area (Å²) in [4.78, 5) is 12.4. The van der Waals surface area contributed by atoms with Gasteiger partial charge >= 0.3 is 0 Å². The monoisotopic (exact) mass is 280 g/mol. The van der Waals surface area contributed by atoms with Crippen molar-refractivity contribution in [2.45, 2.75) is 50.8 Å². The molecule has 1 aromatic carbocycles. The second-order valence-electron chi connectivity index (χ2n) is 5.23. The predicted octanol–water partition coefficient (Wildman–Crippen LogP) is 2.49. The molecule has 6 radical (unpaired) electrons. The van der Waals surface area contributed by atoms with Crippen LogP contribution in [0.15, 0.2) is 24.3 Å². The first-order chi connectivity index (χ1) is 9.82. The minimum Gasteiger partial charge on any atom is -0.383 e. The molecule has 4 nitrogen and oxygen atoms in total. The van der Waals surface area contributed by atoms with E-state index in [2.05, 4.69) is 0 Å². The van der Waals surface area contributed by atoms with Crippen molar-refractivity contribution in [3.63, 3.8) is 0 Å². The van der Waals surface area contributed by atoms with Crippen molar-refractivity contribution in [2.24, 2.45) is 0 Å². The van der Waals surface area contributed by atoms with Crippen LogP contribution in [0.1, 0.15) is 39.5 Å². The Labute approximate surface area is 130 Å². The first-order valence-electron chi connectivity index (χ1n) is 7.22. The van der Waals surface area contributed by atoms with Crippen molar-refractivity contribution in [1.82, 2.24) is 0 Å². The van der Waals surface area contributed by atoms with Crippen molar-refractivity contribution >= 4 is 34.9 Å². The zero-order valence-corrected chi connectivity index (χ0v) is 12.7. The molecule has 0 bridgehead atoms. The fourth-order valence-corrected chi connectivity index (χ4v) is 2.61. The Hall–Kier alpha value is -1.39. The molecule has 0 amide bonds. The molecule has 0 atom stereocenters. The van der Waals surface area contributed by atoms with Gasteiger partial charge in [-0.2, -0.15) is 0 Å². The molecule has 0 N–H and O–H groups in total. The molecule has 0 aromatic heterocycles. The summed E-state index contributed by atoms with van der Waals surface area (Å²) in [5.41, 5.74) is 0.322. The molecule has 0 unspecified atom stereocenters. The van der Waals surface area contributed by atoms with Crippen LogP contribution in [0.25, 0.3) is 0 Å². The maximum absolute atomic E-state index is 11.2. The van der Waals surface area contributed by atoms with E-state index in [0.717, 1.165) is 25.7 Å². The van der Waals surface area contributed by atoms with Gasteiger partial charge in [-0.1, -0.05) is 44.1 Å². The van der Waals surface area contributed by atoms with Gasteiger partial charge in [0, 0.05) is 12.1 Å². The summed E-state index contributed by atoms with van der Waals surface area (Å²) >= 11 is 0. The summed E-state index contributed by atoms with van der Waals surface area (Å²) in [6.07, 6.45) is 3.45. The minimum absolute atomic E-state index is 0.0406. The highest BCUT2D eigenvalue weighted by molar-refractivity contribution is 6.61. The maximum atomic E-state index is 11.2. The number of nitrogens with zero attached hydrogens (tertiary/aromatic N) is 2. The van der Waals surface area contributed by atoms with E-state index in [-0.39, 0.29) is 11.7 Å². The lowest BCUT2D eigenvalue weighted by molar-refractivity contribution is -0.384. The predicted molar refractivity (Wildman–Crippen MR) is 89.2 cm³/mol. The van der Waals surface area contributed by atoms with E-state index in [0.29, 0.717) is 5.69 Å². The van der Waals surface area contributed by atoms with Crippen LogP contribution < -0.4 is 4.90 Å². The number of hydrogen-bond donors (Lipinski definition) is 0. The Bertz CT molecular complexity index is 472. The van der Waals surface area contributed by atoms with Crippen LogP contribution >= 0.6 is 0 Å². The van der Waals surface area contributed by atoms with Gasteiger partial charge in [-0.15, -0.1) is 0 Å². The Morgan fingerprint density at radius 2 is 1.71 bits per heavy atom. The number of anilines is 1. The van der Waals surface area contributed by atoms with Gasteiger partial charge in [0.15, 0.2) is 0 Å². The van der Waals surface area contributed by atoms with Crippen molar-refractivity contribution in [2.75, 3.05) is 4.90 Å². The van der Waals surface area contributed by atoms with Crippen LogP contribution in [0.3, 0.4) is 0 Å². The smallest absolute Gasteiger partial charge is 0.292 e. The minimum atomic E-state index is -1.65. The third kappa shape index (κ3) is 4.55. The second kappa shape index (κ2) is 7.57. The molecule has 0 saturated carbocycles. The maximum Gasteiger partial charge on any atom is 0.292 e. The molecule has 0 aliphatic carbocycles. The van der Waals surface area contributed by atoms with Gasteiger partial charge in [-0.3, -0.25) is 10.1 Å². The van der Waals surface area contributed by atoms with Crippen LogP contribution in [-0.4, -0.2) is 39.7 Å².